The fourth-order valence-electron chi connectivity index (χ4n) is 3.45. The van der Waals surface area contributed by atoms with E-state index in [0.717, 1.165) is 24.2 Å². The first kappa shape index (κ1) is 24.9. The Kier molecular flexibility index (Phi) is 8.99. The van der Waals surface area contributed by atoms with E-state index in [1.165, 1.54) is 0 Å². The number of sulfone groups is 1. The second-order valence-electron chi connectivity index (χ2n) is 8.11. The summed E-state index contributed by atoms with van der Waals surface area (Å²) in [6.45, 7) is 5.91. The number of carbonyl (C=O) groups is 2. The quantitative estimate of drug-likeness (QED) is 0.548. The van der Waals surface area contributed by atoms with E-state index in [1.807, 2.05) is 13.0 Å². The predicted octanol–water partition coefficient (Wildman–Crippen LogP) is 2.14. The highest BCUT2D eigenvalue weighted by Gasteiger charge is 2.16. The summed E-state index contributed by atoms with van der Waals surface area (Å²) in [4.78, 5) is 26.9. The van der Waals surface area contributed by atoms with Gasteiger partial charge < -0.3 is 15.4 Å². The van der Waals surface area contributed by atoms with Crippen LogP contribution in [0.15, 0.2) is 53.4 Å². The molecule has 0 spiro atoms. The SMILES string of the molecule is Cc1ccc(S(=O)(=O)CCC(=O)NCc2cccc(NC(=O)CCN3CCOCC3)c2)cc1. The molecule has 1 aliphatic heterocycles. The third kappa shape index (κ3) is 8.27. The topological polar surface area (TPSA) is 105 Å². The average molecular weight is 474 g/mol. The maximum Gasteiger partial charge on any atom is 0.225 e. The fraction of sp³-hybridized carbons (Fsp3) is 0.417. The van der Waals surface area contributed by atoms with Gasteiger partial charge in [-0.25, -0.2) is 8.42 Å². The maximum atomic E-state index is 12.4. The molecule has 2 amide bonds. The van der Waals surface area contributed by atoms with Gasteiger partial charge in [0.15, 0.2) is 9.84 Å². The van der Waals surface area contributed by atoms with Crippen LogP contribution in [-0.4, -0.2) is 63.7 Å². The summed E-state index contributed by atoms with van der Waals surface area (Å²) in [5, 5.41) is 5.63. The van der Waals surface area contributed by atoms with E-state index < -0.39 is 9.84 Å². The first-order valence-corrected chi connectivity index (χ1v) is 12.7. The highest BCUT2D eigenvalue weighted by Crippen LogP contribution is 2.14. The molecule has 178 valence electrons. The van der Waals surface area contributed by atoms with Gasteiger partial charge in [0.1, 0.15) is 0 Å². The first-order valence-electron chi connectivity index (χ1n) is 11.1. The van der Waals surface area contributed by atoms with E-state index in [4.69, 9.17) is 4.74 Å². The van der Waals surface area contributed by atoms with Gasteiger partial charge in [0.05, 0.1) is 23.9 Å². The molecule has 2 aromatic rings. The van der Waals surface area contributed by atoms with Crippen LogP contribution in [0.25, 0.3) is 0 Å². The van der Waals surface area contributed by atoms with Crippen molar-refractivity contribution in [2.45, 2.75) is 31.2 Å². The van der Waals surface area contributed by atoms with Crippen molar-refractivity contribution in [2.24, 2.45) is 0 Å². The summed E-state index contributed by atoms with van der Waals surface area (Å²) in [5.41, 5.74) is 2.45. The maximum absolute atomic E-state index is 12.4. The highest BCUT2D eigenvalue weighted by atomic mass is 32.2. The Morgan fingerprint density at radius 3 is 2.45 bits per heavy atom. The average Bonchev–Trinajstić information content (AvgIpc) is 2.81. The van der Waals surface area contributed by atoms with Gasteiger partial charge in [-0.2, -0.15) is 0 Å². The van der Waals surface area contributed by atoms with Crippen molar-refractivity contribution in [1.82, 2.24) is 10.2 Å². The standard InChI is InChI=1S/C24H31N3O5S/c1-19-5-7-22(8-6-19)33(30,31)16-10-23(28)25-18-20-3-2-4-21(17-20)26-24(29)9-11-27-12-14-32-15-13-27/h2-8,17H,9-16,18H2,1H3,(H,25,28)(H,26,29). The fourth-order valence-corrected chi connectivity index (χ4v) is 4.69. The van der Waals surface area contributed by atoms with Gasteiger partial charge in [-0.15, -0.1) is 0 Å². The van der Waals surface area contributed by atoms with Gasteiger partial charge in [-0.3, -0.25) is 14.5 Å². The number of anilines is 1. The Balaban J connectivity index is 1.42. The number of benzene rings is 2. The number of morpholine rings is 1. The Bertz CT molecular complexity index is 1050. The van der Waals surface area contributed by atoms with E-state index in [1.54, 1.807) is 42.5 Å². The summed E-state index contributed by atoms with van der Waals surface area (Å²) in [5.74, 6) is -0.657. The predicted molar refractivity (Wildman–Crippen MR) is 127 cm³/mol. The van der Waals surface area contributed by atoms with Crippen LogP contribution < -0.4 is 10.6 Å². The van der Waals surface area contributed by atoms with E-state index in [2.05, 4.69) is 15.5 Å². The molecule has 1 fully saturated rings. The van der Waals surface area contributed by atoms with Gasteiger partial charge in [0.2, 0.25) is 11.8 Å². The van der Waals surface area contributed by atoms with Crippen LogP contribution in [0.5, 0.6) is 0 Å². The van der Waals surface area contributed by atoms with Crippen molar-refractivity contribution in [1.29, 1.82) is 0 Å². The molecule has 0 radical (unpaired) electrons. The van der Waals surface area contributed by atoms with Crippen LogP contribution in [0, 0.1) is 6.92 Å². The monoisotopic (exact) mass is 473 g/mol. The molecule has 8 nitrogen and oxygen atoms in total. The molecule has 0 aromatic heterocycles. The smallest absolute Gasteiger partial charge is 0.225 e. The Morgan fingerprint density at radius 1 is 1.00 bits per heavy atom. The number of hydrogen-bond donors (Lipinski definition) is 2. The van der Waals surface area contributed by atoms with Crippen LogP contribution in [0.1, 0.15) is 24.0 Å². The van der Waals surface area contributed by atoms with E-state index in [9.17, 15) is 18.0 Å². The minimum atomic E-state index is -3.51. The molecule has 0 bridgehead atoms. The summed E-state index contributed by atoms with van der Waals surface area (Å²) in [6.07, 6.45) is 0.282. The lowest BCUT2D eigenvalue weighted by molar-refractivity contribution is -0.121. The van der Waals surface area contributed by atoms with Gasteiger partial charge in [-0.1, -0.05) is 29.8 Å². The molecule has 1 aliphatic rings. The summed E-state index contributed by atoms with van der Waals surface area (Å²) < 4.78 is 30.1. The number of ether oxygens (including phenoxy) is 1. The molecule has 2 N–H and O–H groups in total. The Hall–Kier alpha value is -2.75. The van der Waals surface area contributed by atoms with Crippen LogP contribution >= 0.6 is 0 Å². The largest absolute Gasteiger partial charge is 0.379 e. The molecular weight excluding hydrogens is 442 g/mol. The lowest BCUT2D eigenvalue weighted by atomic mass is 10.2. The van der Waals surface area contributed by atoms with Crippen molar-refractivity contribution in [3.05, 3.63) is 59.7 Å². The van der Waals surface area contributed by atoms with Crippen molar-refractivity contribution in [2.75, 3.05) is 43.9 Å². The number of amides is 2. The summed E-state index contributed by atoms with van der Waals surface area (Å²) in [6, 6.07) is 13.8. The lowest BCUT2D eigenvalue weighted by Gasteiger charge is -2.26. The number of rotatable bonds is 10. The van der Waals surface area contributed by atoms with Gasteiger partial charge in [0.25, 0.3) is 0 Å². The molecule has 3 rings (SSSR count). The number of nitrogens with one attached hydrogen (secondary N) is 2. The van der Waals surface area contributed by atoms with Crippen molar-refractivity contribution in [3.63, 3.8) is 0 Å². The highest BCUT2D eigenvalue weighted by molar-refractivity contribution is 7.91. The zero-order chi connectivity index (χ0) is 23.7. The summed E-state index contributed by atoms with van der Waals surface area (Å²) >= 11 is 0. The van der Waals surface area contributed by atoms with Crippen molar-refractivity contribution < 1.29 is 22.7 Å². The van der Waals surface area contributed by atoms with E-state index in [-0.39, 0.29) is 35.4 Å². The Morgan fingerprint density at radius 2 is 1.73 bits per heavy atom. The summed E-state index contributed by atoms with van der Waals surface area (Å²) in [7, 11) is -3.51. The van der Waals surface area contributed by atoms with Crippen LogP contribution in [0.3, 0.4) is 0 Å². The first-order chi connectivity index (χ1) is 15.8. The van der Waals surface area contributed by atoms with E-state index >= 15 is 0 Å². The molecule has 0 saturated carbocycles. The van der Waals surface area contributed by atoms with Crippen molar-refractivity contribution in [3.8, 4) is 0 Å². The Labute approximate surface area is 195 Å². The third-order valence-corrected chi connectivity index (χ3v) is 7.17. The third-order valence-electron chi connectivity index (χ3n) is 5.44. The molecular formula is C24H31N3O5S. The van der Waals surface area contributed by atoms with Crippen LogP contribution in [0.2, 0.25) is 0 Å². The van der Waals surface area contributed by atoms with E-state index in [0.29, 0.717) is 31.9 Å². The second kappa shape index (κ2) is 11.9. The normalized spacial score (nSPS) is 14.6. The number of carbonyl (C=O) groups excluding carboxylic acids is 2. The molecule has 0 atom stereocenters. The van der Waals surface area contributed by atoms with Gasteiger partial charge in [-0.05, 0) is 36.8 Å². The molecule has 9 heteroatoms. The van der Waals surface area contributed by atoms with Gasteiger partial charge >= 0.3 is 0 Å². The zero-order valence-electron chi connectivity index (χ0n) is 18.9. The molecule has 1 saturated heterocycles. The molecule has 0 unspecified atom stereocenters. The molecule has 1 heterocycles. The minimum absolute atomic E-state index is 0.0658. The molecule has 33 heavy (non-hydrogen) atoms. The minimum Gasteiger partial charge on any atom is -0.379 e. The number of nitrogens with zero attached hydrogens (tertiary/aromatic N) is 1. The van der Waals surface area contributed by atoms with Crippen LogP contribution in [0.4, 0.5) is 5.69 Å². The zero-order valence-corrected chi connectivity index (χ0v) is 19.7. The number of aryl methyl sites for hydroxylation is 1. The molecule has 0 aliphatic carbocycles. The van der Waals surface area contributed by atoms with Crippen LogP contribution in [-0.2, 0) is 30.7 Å². The van der Waals surface area contributed by atoms with Gasteiger partial charge in [0, 0.05) is 44.7 Å². The number of hydrogen-bond acceptors (Lipinski definition) is 6. The molecule has 2 aromatic carbocycles. The lowest BCUT2D eigenvalue weighted by Crippen LogP contribution is -2.38. The second-order valence-corrected chi connectivity index (χ2v) is 10.2. The van der Waals surface area contributed by atoms with Crippen molar-refractivity contribution >= 4 is 27.3 Å².